The highest BCUT2D eigenvalue weighted by Crippen LogP contribution is 2.64. The molecule has 2 heterocycles. The molecule has 2 aromatic rings. The van der Waals surface area contributed by atoms with Gasteiger partial charge in [0, 0.05) is 5.56 Å². The maximum Gasteiger partial charge on any atom is 0.387 e. The van der Waals surface area contributed by atoms with E-state index in [1.807, 2.05) is 0 Å². The Labute approximate surface area is 196 Å². The molecule has 3 amide bonds. The van der Waals surface area contributed by atoms with Crippen LogP contribution in [-0.2, 0) is 16.9 Å². The van der Waals surface area contributed by atoms with Crippen molar-refractivity contribution in [1.82, 2.24) is 15.1 Å². The van der Waals surface area contributed by atoms with Gasteiger partial charge in [-0.05, 0) is 57.6 Å². The SMILES string of the molecule is CC1(C)c2[nH]nc(NC(=O)C3(S(C)(C)C)CC3)c2CN1C(=O)Nc1c(F)cccc1OC(F)F. The number of aromatic nitrogens is 2. The fraction of sp³-hybridized carbons (Fsp3) is 0.500. The Balaban J connectivity index is 1.55. The first kappa shape index (κ1) is 24.2. The molecule has 1 aromatic carbocycles. The summed E-state index contributed by atoms with van der Waals surface area (Å²) in [6.07, 6.45) is 7.99. The summed E-state index contributed by atoms with van der Waals surface area (Å²) in [5.74, 6) is -1.11. The second-order valence-electron chi connectivity index (χ2n) is 9.78. The molecule has 0 atom stereocenters. The number of fused-ring (bicyclic) bond motifs is 1. The second-order valence-corrected chi connectivity index (χ2v) is 14.2. The van der Waals surface area contributed by atoms with Gasteiger partial charge in [-0.25, -0.2) is 19.2 Å². The minimum Gasteiger partial charge on any atom is -0.432 e. The zero-order chi connectivity index (χ0) is 25.1. The minimum atomic E-state index is -3.18. The molecule has 1 saturated carbocycles. The number of hydrogen-bond acceptors (Lipinski definition) is 4. The van der Waals surface area contributed by atoms with Crippen molar-refractivity contribution in [3.63, 3.8) is 0 Å². The van der Waals surface area contributed by atoms with Gasteiger partial charge < -0.3 is 20.3 Å². The number of urea groups is 1. The van der Waals surface area contributed by atoms with Crippen molar-refractivity contribution >= 4 is 33.5 Å². The normalized spacial score (nSPS) is 18.4. The van der Waals surface area contributed by atoms with Crippen LogP contribution in [0, 0.1) is 5.82 Å². The molecule has 12 heteroatoms. The van der Waals surface area contributed by atoms with Gasteiger partial charge in [0.2, 0.25) is 5.91 Å². The van der Waals surface area contributed by atoms with E-state index in [1.54, 1.807) is 13.8 Å². The number of alkyl halides is 2. The van der Waals surface area contributed by atoms with Gasteiger partial charge >= 0.3 is 12.6 Å². The molecule has 0 spiro atoms. The molecule has 1 aromatic heterocycles. The van der Waals surface area contributed by atoms with E-state index in [9.17, 15) is 22.8 Å². The number of aromatic amines is 1. The summed E-state index contributed by atoms with van der Waals surface area (Å²) < 4.78 is 43.8. The standard InChI is InChI=1S/C22H28F3N5O3S/c1-21(2)16-12(17(29-28-16)27-18(31)22(9-10-22)34(3,4)5)11-30(21)20(32)26-15-13(23)7-6-8-14(15)33-19(24)25/h6-8,19H,9-11H2,1-5H3,(H,26,32)(H2,27,28,29,31). The molecule has 34 heavy (non-hydrogen) atoms. The van der Waals surface area contributed by atoms with Gasteiger partial charge in [0.25, 0.3) is 0 Å². The van der Waals surface area contributed by atoms with E-state index in [-0.39, 0.29) is 17.2 Å². The first-order valence-corrected chi connectivity index (χ1v) is 13.5. The Bertz CT molecular complexity index is 1140. The average molecular weight is 500 g/mol. The first-order valence-electron chi connectivity index (χ1n) is 10.7. The monoisotopic (exact) mass is 499 g/mol. The van der Waals surface area contributed by atoms with Crippen LogP contribution in [0.25, 0.3) is 0 Å². The molecule has 1 aliphatic carbocycles. The van der Waals surface area contributed by atoms with Crippen LogP contribution < -0.4 is 15.4 Å². The zero-order valence-corrected chi connectivity index (χ0v) is 20.4. The van der Waals surface area contributed by atoms with Crippen LogP contribution >= 0.6 is 10.0 Å². The lowest BCUT2D eigenvalue weighted by Crippen LogP contribution is -2.43. The maximum absolute atomic E-state index is 14.3. The second kappa shape index (κ2) is 8.10. The number of para-hydroxylation sites is 1. The summed E-state index contributed by atoms with van der Waals surface area (Å²) in [6, 6.07) is 2.67. The summed E-state index contributed by atoms with van der Waals surface area (Å²) in [5.41, 5.74) is -0.0966. The number of nitrogens with one attached hydrogen (secondary N) is 3. The summed E-state index contributed by atoms with van der Waals surface area (Å²) >= 11 is 0. The maximum atomic E-state index is 14.3. The van der Waals surface area contributed by atoms with E-state index < -0.39 is 45.5 Å². The van der Waals surface area contributed by atoms with Crippen molar-refractivity contribution in [2.45, 2.75) is 50.1 Å². The predicted molar refractivity (Wildman–Crippen MR) is 125 cm³/mol. The summed E-state index contributed by atoms with van der Waals surface area (Å²) in [7, 11) is -1.13. The number of anilines is 2. The lowest BCUT2D eigenvalue weighted by molar-refractivity contribution is -0.116. The zero-order valence-electron chi connectivity index (χ0n) is 19.6. The molecule has 2 aliphatic rings. The third kappa shape index (κ3) is 3.97. The molecule has 0 unspecified atom stereocenters. The average Bonchev–Trinajstić information content (AvgIpc) is 3.39. The van der Waals surface area contributed by atoms with E-state index in [0.717, 1.165) is 25.0 Å². The van der Waals surface area contributed by atoms with Crippen molar-refractivity contribution < 1.29 is 27.5 Å². The van der Waals surface area contributed by atoms with E-state index in [2.05, 4.69) is 44.3 Å². The van der Waals surface area contributed by atoms with Gasteiger partial charge in [-0.15, -0.1) is 0 Å². The molecular weight excluding hydrogens is 471 g/mol. The number of amides is 3. The van der Waals surface area contributed by atoms with Gasteiger partial charge in [0.1, 0.15) is 5.69 Å². The lowest BCUT2D eigenvalue weighted by Gasteiger charge is -2.35. The van der Waals surface area contributed by atoms with Gasteiger partial charge in [0.15, 0.2) is 17.4 Å². The number of hydrogen-bond donors (Lipinski definition) is 3. The Morgan fingerprint density at radius 3 is 2.47 bits per heavy atom. The van der Waals surface area contributed by atoms with Crippen molar-refractivity contribution in [2.24, 2.45) is 0 Å². The number of rotatable bonds is 6. The highest BCUT2D eigenvalue weighted by Gasteiger charge is 2.56. The van der Waals surface area contributed by atoms with Crippen LogP contribution in [0.2, 0.25) is 0 Å². The van der Waals surface area contributed by atoms with Crippen LogP contribution in [0.3, 0.4) is 0 Å². The molecule has 1 aliphatic heterocycles. The van der Waals surface area contributed by atoms with Crippen LogP contribution in [0.4, 0.5) is 29.5 Å². The highest BCUT2D eigenvalue weighted by atomic mass is 32.3. The predicted octanol–water partition coefficient (Wildman–Crippen LogP) is 4.60. The summed E-state index contributed by atoms with van der Waals surface area (Å²) in [6.45, 7) is 0.432. The highest BCUT2D eigenvalue weighted by molar-refractivity contribution is 8.34. The molecule has 186 valence electrons. The van der Waals surface area contributed by atoms with Gasteiger partial charge in [-0.2, -0.15) is 13.9 Å². The number of carbonyl (C=O) groups is 2. The number of H-pyrrole nitrogens is 1. The van der Waals surface area contributed by atoms with E-state index in [4.69, 9.17) is 0 Å². The van der Waals surface area contributed by atoms with Crippen molar-refractivity contribution in [1.29, 1.82) is 0 Å². The number of ether oxygens (including phenoxy) is 1. The third-order valence-electron chi connectivity index (χ3n) is 6.66. The molecule has 1 fully saturated rings. The third-order valence-corrected chi connectivity index (χ3v) is 9.60. The Morgan fingerprint density at radius 2 is 1.88 bits per heavy atom. The molecule has 8 nitrogen and oxygen atoms in total. The van der Waals surface area contributed by atoms with Gasteiger partial charge in [-0.1, -0.05) is 6.07 Å². The Hall–Kier alpha value is -2.89. The summed E-state index contributed by atoms with van der Waals surface area (Å²) in [4.78, 5) is 27.6. The van der Waals surface area contributed by atoms with Crippen molar-refractivity contribution in [2.75, 3.05) is 29.4 Å². The molecule has 3 N–H and O–H groups in total. The van der Waals surface area contributed by atoms with Crippen LogP contribution in [0.1, 0.15) is 37.9 Å². The largest absolute Gasteiger partial charge is 0.432 e. The van der Waals surface area contributed by atoms with Gasteiger partial charge in [-0.3, -0.25) is 9.89 Å². The quantitative estimate of drug-likeness (QED) is 0.541. The lowest BCUT2D eigenvalue weighted by atomic mass is 10.0. The van der Waals surface area contributed by atoms with Crippen LogP contribution in [-0.4, -0.2) is 57.2 Å². The molecule has 0 bridgehead atoms. The molecular formula is C22H28F3N5O3S. The van der Waals surface area contributed by atoms with E-state index in [0.29, 0.717) is 17.1 Å². The number of carbonyl (C=O) groups excluding carboxylic acids is 2. The van der Waals surface area contributed by atoms with Crippen LogP contribution in [0.15, 0.2) is 18.2 Å². The summed E-state index contributed by atoms with van der Waals surface area (Å²) in [5, 5.41) is 12.5. The van der Waals surface area contributed by atoms with Crippen molar-refractivity contribution in [3.8, 4) is 5.75 Å². The van der Waals surface area contributed by atoms with E-state index >= 15 is 0 Å². The number of benzene rings is 1. The topological polar surface area (TPSA) is 99.4 Å². The first-order chi connectivity index (χ1) is 15.8. The fourth-order valence-corrected chi connectivity index (χ4v) is 6.33. The minimum absolute atomic E-state index is 0.0785. The van der Waals surface area contributed by atoms with Crippen molar-refractivity contribution in [3.05, 3.63) is 35.3 Å². The molecule has 4 rings (SSSR count). The Kier molecular flexibility index (Phi) is 5.78. The molecule has 0 saturated heterocycles. The van der Waals surface area contributed by atoms with E-state index in [1.165, 1.54) is 11.0 Å². The number of nitrogens with zero attached hydrogens (tertiary/aromatic N) is 2. The van der Waals surface area contributed by atoms with Gasteiger partial charge in [0.05, 0.1) is 22.5 Å². The number of halogens is 3. The smallest absolute Gasteiger partial charge is 0.387 e. The fourth-order valence-electron chi connectivity index (χ4n) is 4.39. The molecule has 0 radical (unpaired) electrons. The van der Waals surface area contributed by atoms with Crippen LogP contribution in [0.5, 0.6) is 5.75 Å². The Morgan fingerprint density at radius 1 is 1.21 bits per heavy atom.